The Balaban J connectivity index is 1.58. The Morgan fingerprint density at radius 3 is 2.86 bits per heavy atom. The van der Waals surface area contributed by atoms with Gasteiger partial charge in [-0.05, 0) is 26.0 Å². The molecule has 1 aromatic carbocycles. The molecule has 0 unspecified atom stereocenters. The highest BCUT2D eigenvalue weighted by Crippen LogP contribution is 2.20. The maximum atomic E-state index is 12.4. The molecule has 0 saturated carbocycles. The number of carbonyl (C=O) groups is 2. The fourth-order valence-corrected chi connectivity index (χ4v) is 3.79. The van der Waals surface area contributed by atoms with E-state index < -0.39 is 0 Å². The first-order chi connectivity index (χ1) is 13.4. The monoisotopic (exact) mass is 416 g/mol. The van der Waals surface area contributed by atoms with Crippen LogP contribution in [0.25, 0.3) is 0 Å². The van der Waals surface area contributed by atoms with Crippen molar-refractivity contribution in [2.75, 3.05) is 11.1 Å². The first-order valence-electron chi connectivity index (χ1n) is 8.53. The molecule has 0 fully saturated rings. The number of rotatable bonds is 7. The summed E-state index contributed by atoms with van der Waals surface area (Å²) in [4.78, 5) is 28.4. The molecule has 8 nitrogen and oxygen atoms in total. The zero-order valence-corrected chi connectivity index (χ0v) is 17.3. The molecule has 2 heterocycles. The van der Waals surface area contributed by atoms with E-state index in [2.05, 4.69) is 25.8 Å². The molecular weight excluding hydrogens is 396 g/mol. The lowest BCUT2D eigenvalue weighted by Crippen LogP contribution is -2.28. The van der Waals surface area contributed by atoms with Crippen molar-refractivity contribution in [2.45, 2.75) is 25.0 Å². The van der Waals surface area contributed by atoms with Crippen molar-refractivity contribution in [2.24, 2.45) is 7.05 Å². The Morgan fingerprint density at radius 1 is 1.32 bits per heavy atom. The van der Waals surface area contributed by atoms with Gasteiger partial charge in [0.1, 0.15) is 0 Å². The molecule has 0 aliphatic heterocycles. The van der Waals surface area contributed by atoms with Gasteiger partial charge in [0.2, 0.25) is 5.91 Å². The summed E-state index contributed by atoms with van der Waals surface area (Å²) in [6.07, 6.45) is 1.63. The molecule has 146 valence electrons. The Hall–Kier alpha value is -2.72. The van der Waals surface area contributed by atoms with Crippen molar-refractivity contribution < 1.29 is 9.59 Å². The van der Waals surface area contributed by atoms with Gasteiger partial charge in [-0.25, -0.2) is 4.98 Å². The molecule has 0 aliphatic rings. The molecule has 0 radical (unpaired) electrons. The minimum atomic E-state index is -0.330. The number of nitrogens with one attached hydrogen (secondary N) is 2. The van der Waals surface area contributed by atoms with Crippen molar-refractivity contribution in [1.29, 1.82) is 0 Å². The van der Waals surface area contributed by atoms with Crippen LogP contribution in [-0.4, -0.2) is 37.3 Å². The van der Waals surface area contributed by atoms with Crippen LogP contribution in [-0.2, 0) is 11.8 Å². The zero-order valence-electron chi connectivity index (χ0n) is 15.7. The first-order valence-corrected chi connectivity index (χ1v) is 10.4. The maximum Gasteiger partial charge on any atom is 0.251 e. The van der Waals surface area contributed by atoms with Crippen molar-refractivity contribution >= 4 is 40.0 Å². The Labute approximate surface area is 170 Å². The van der Waals surface area contributed by atoms with E-state index in [1.165, 1.54) is 23.1 Å². The quantitative estimate of drug-likeness (QED) is 0.574. The van der Waals surface area contributed by atoms with E-state index in [0.29, 0.717) is 21.7 Å². The number of anilines is 1. The third kappa shape index (κ3) is 4.96. The van der Waals surface area contributed by atoms with Gasteiger partial charge in [-0.2, -0.15) is 0 Å². The second-order valence-corrected chi connectivity index (χ2v) is 7.98. The van der Waals surface area contributed by atoms with Crippen LogP contribution in [0.2, 0.25) is 0 Å². The van der Waals surface area contributed by atoms with E-state index in [1.807, 2.05) is 39.1 Å². The summed E-state index contributed by atoms with van der Waals surface area (Å²) in [5.41, 5.74) is 1.62. The largest absolute Gasteiger partial charge is 0.342 e. The molecule has 0 saturated heterocycles. The molecule has 0 bridgehead atoms. The molecule has 1 atom stereocenters. The van der Waals surface area contributed by atoms with Crippen LogP contribution in [0.1, 0.15) is 34.7 Å². The number of nitrogens with zero attached hydrogens (tertiary/aromatic N) is 4. The van der Waals surface area contributed by atoms with Crippen LogP contribution in [0.4, 0.5) is 5.13 Å². The van der Waals surface area contributed by atoms with Gasteiger partial charge in [0.25, 0.3) is 5.91 Å². The zero-order chi connectivity index (χ0) is 20.1. The minimum Gasteiger partial charge on any atom is -0.342 e. The highest BCUT2D eigenvalue weighted by atomic mass is 32.2. The highest BCUT2D eigenvalue weighted by molar-refractivity contribution is 7.99. The highest BCUT2D eigenvalue weighted by Gasteiger charge is 2.19. The summed E-state index contributed by atoms with van der Waals surface area (Å²) in [6, 6.07) is 7.07. The average molecular weight is 417 g/mol. The van der Waals surface area contributed by atoms with Crippen LogP contribution in [0.5, 0.6) is 0 Å². The predicted molar refractivity (Wildman–Crippen MR) is 110 cm³/mol. The molecule has 0 spiro atoms. The predicted octanol–water partition coefficient (Wildman–Crippen LogP) is 2.80. The van der Waals surface area contributed by atoms with Crippen molar-refractivity contribution in [3.8, 4) is 0 Å². The van der Waals surface area contributed by atoms with Gasteiger partial charge in [-0.1, -0.05) is 29.5 Å². The van der Waals surface area contributed by atoms with Gasteiger partial charge in [0.05, 0.1) is 11.8 Å². The number of carbonyl (C=O) groups excluding carboxylic acids is 2. The lowest BCUT2D eigenvalue weighted by atomic mass is 10.1. The smallest absolute Gasteiger partial charge is 0.251 e. The number of amides is 2. The molecule has 3 rings (SSSR count). The number of hydrogen-bond donors (Lipinski definition) is 2. The van der Waals surface area contributed by atoms with Crippen LogP contribution in [0, 0.1) is 6.92 Å². The summed E-state index contributed by atoms with van der Waals surface area (Å²) < 4.78 is 1.78. The van der Waals surface area contributed by atoms with Gasteiger partial charge >= 0.3 is 0 Å². The molecule has 10 heteroatoms. The summed E-state index contributed by atoms with van der Waals surface area (Å²) in [5, 5.41) is 16.9. The lowest BCUT2D eigenvalue weighted by molar-refractivity contribution is -0.113. The molecule has 3 aromatic rings. The summed E-state index contributed by atoms with van der Waals surface area (Å²) in [5.74, 6) is 0.473. The molecule has 2 aromatic heterocycles. The molecule has 2 amide bonds. The van der Waals surface area contributed by atoms with Gasteiger partial charge in [-0.3, -0.25) is 9.59 Å². The van der Waals surface area contributed by atoms with Gasteiger partial charge in [-0.15, -0.1) is 21.5 Å². The number of aromatic nitrogens is 4. The summed E-state index contributed by atoms with van der Waals surface area (Å²) >= 11 is 2.64. The fourth-order valence-electron chi connectivity index (χ4n) is 2.53. The Morgan fingerprint density at radius 2 is 2.14 bits per heavy atom. The van der Waals surface area contributed by atoms with Crippen LogP contribution >= 0.6 is 23.1 Å². The molecular formula is C18H20N6O2S2. The van der Waals surface area contributed by atoms with Crippen molar-refractivity contribution in [3.63, 3.8) is 0 Å². The maximum absolute atomic E-state index is 12.4. The fraction of sp³-hybridized carbons (Fsp3) is 0.278. The number of thiazole rings is 1. The molecule has 0 aliphatic carbocycles. The number of hydrogen-bond acceptors (Lipinski definition) is 7. The van der Waals surface area contributed by atoms with Crippen LogP contribution < -0.4 is 10.6 Å². The van der Waals surface area contributed by atoms with Crippen LogP contribution in [0.15, 0.2) is 41.0 Å². The number of benzene rings is 1. The van der Waals surface area contributed by atoms with E-state index in [9.17, 15) is 9.59 Å². The van der Waals surface area contributed by atoms with E-state index in [1.54, 1.807) is 22.2 Å². The first kappa shape index (κ1) is 20.0. The SMILES string of the molecule is Cc1cccc(C(=O)N[C@@H](C)c2nnc(SCC(=O)Nc3nccs3)n2C)c1. The third-order valence-corrected chi connectivity index (χ3v) is 5.60. The average Bonchev–Trinajstić information content (AvgIpc) is 3.29. The summed E-state index contributed by atoms with van der Waals surface area (Å²) in [7, 11) is 1.81. The Kier molecular flexibility index (Phi) is 6.42. The lowest BCUT2D eigenvalue weighted by Gasteiger charge is -2.14. The normalized spacial score (nSPS) is 11.8. The third-order valence-electron chi connectivity index (χ3n) is 3.89. The van der Waals surface area contributed by atoms with E-state index in [-0.39, 0.29) is 23.6 Å². The van der Waals surface area contributed by atoms with Gasteiger partial charge < -0.3 is 15.2 Å². The standard InChI is InChI=1S/C18H20N6O2S2/c1-11-5-4-6-13(9-11)16(26)20-12(2)15-22-23-18(24(15)3)28-10-14(25)21-17-19-7-8-27-17/h4-9,12H,10H2,1-3H3,(H,20,26)(H,19,21,25)/t12-/m0/s1. The van der Waals surface area contributed by atoms with Gasteiger partial charge in [0.15, 0.2) is 16.1 Å². The van der Waals surface area contributed by atoms with Crippen molar-refractivity contribution in [3.05, 3.63) is 52.8 Å². The Bertz CT molecular complexity index is 970. The minimum absolute atomic E-state index is 0.162. The molecule has 28 heavy (non-hydrogen) atoms. The van der Waals surface area contributed by atoms with E-state index in [0.717, 1.165) is 5.56 Å². The topological polar surface area (TPSA) is 102 Å². The summed E-state index contributed by atoms with van der Waals surface area (Å²) in [6.45, 7) is 3.79. The van der Waals surface area contributed by atoms with E-state index >= 15 is 0 Å². The van der Waals surface area contributed by atoms with E-state index in [4.69, 9.17) is 0 Å². The van der Waals surface area contributed by atoms with Crippen molar-refractivity contribution in [1.82, 2.24) is 25.1 Å². The van der Waals surface area contributed by atoms with Gasteiger partial charge in [0, 0.05) is 24.2 Å². The van der Waals surface area contributed by atoms with Crippen LogP contribution in [0.3, 0.4) is 0 Å². The number of aryl methyl sites for hydroxylation is 1. The number of thioether (sulfide) groups is 1. The second kappa shape index (κ2) is 8.98. The second-order valence-electron chi connectivity index (χ2n) is 6.14. The molecule has 2 N–H and O–H groups in total.